The maximum atomic E-state index is 5.46. The van der Waals surface area contributed by atoms with Gasteiger partial charge < -0.3 is 15.0 Å². The average Bonchev–Trinajstić information content (AvgIpc) is 2.36. The van der Waals surface area contributed by atoms with Gasteiger partial charge in [0.2, 0.25) is 0 Å². The second-order valence-corrected chi connectivity index (χ2v) is 6.22. The fourth-order valence-electron chi connectivity index (χ4n) is 2.67. The molecule has 1 rings (SSSR count). The summed E-state index contributed by atoms with van der Waals surface area (Å²) >= 11 is 0. The fraction of sp³-hybridized carbons (Fsp3) is 0.647. The normalized spacial score (nSPS) is 14.6. The third-order valence-corrected chi connectivity index (χ3v) is 3.43. The number of rotatable bonds is 8. The van der Waals surface area contributed by atoms with E-state index in [0.717, 1.165) is 12.3 Å². The summed E-state index contributed by atoms with van der Waals surface area (Å²) in [6.45, 7) is 7.81. The van der Waals surface area contributed by atoms with Crippen molar-refractivity contribution in [2.24, 2.45) is 5.92 Å². The first-order valence-corrected chi connectivity index (χ1v) is 7.47. The summed E-state index contributed by atoms with van der Waals surface area (Å²) in [6.07, 6.45) is 1.18. The van der Waals surface area contributed by atoms with Crippen molar-refractivity contribution < 1.29 is 4.74 Å². The molecular weight excluding hydrogens is 248 g/mol. The van der Waals surface area contributed by atoms with Gasteiger partial charge in [0.15, 0.2) is 0 Å². The Labute approximate surface area is 124 Å². The molecule has 0 aliphatic rings. The second-order valence-electron chi connectivity index (χ2n) is 6.22. The molecule has 0 radical (unpaired) electrons. The van der Waals surface area contributed by atoms with E-state index in [4.69, 9.17) is 4.74 Å². The van der Waals surface area contributed by atoms with E-state index >= 15 is 0 Å². The van der Waals surface area contributed by atoms with E-state index < -0.39 is 0 Å². The zero-order chi connectivity index (χ0) is 15.1. The molecule has 2 atom stereocenters. The molecule has 0 aromatic heterocycles. The number of hydrogen-bond acceptors (Lipinski definition) is 3. The summed E-state index contributed by atoms with van der Waals surface area (Å²) in [5.74, 6) is 1.65. The Kier molecular flexibility index (Phi) is 7.03. The van der Waals surface area contributed by atoms with Gasteiger partial charge in [-0.3, -0.25) is 0 Å². The predicted octanol–water partition coefficient (Wildman–Crippen LogP) is 3.32. The predicted molar refractivity (Wildman–Crippen MR) is 86.3 cm³/mol. The van der Waals surface area contributed by atoms with Gasteiger partial charge in [0, 0.05) is 24.2 Å². The van der Waals surface area contributed by atoms with Gasteiger partial charge in [-0.15, -0.1) is 0 Å². The molecule has 1 N–H and O–H groups in total. The lowest BCUT2D eigenvalue weighted by atomic mass is 10.0. The Morgan fingerprint density at radius 3 is 2.35 bits per heavy atom. The summed E-state index contributed by atoms with van der Waals surface area (Å²) in [5, 5.41) is 3.75. The van der Waals surface area contributed by atoms with Crippen LogP contribution in [0.5, 0.6) is 5.75 Å². The molecule has 0 spiro atoms. The Hall–Kier alpha value is -1.06. The summed E-state index contributed by atoms with van der Waals surface area (Å²) < 4.78 is 5.46. The van der Waals surface area contributed by atoms with Crippen molar-refractivity contribution in [3.63, 3.8) is 0 Å². The van der Waals surface area contributed by atoms with Crippen LogP contribution in [-0.4, -0.2) is 38.7 Å². The van der Waals surface area contributed by atoms with Crippen LogP contribution in [0.3, 0.4) is 0 Å². The van der Waals surface area contributed by atoms with E-state index in [-0.39, 0.29) is 6.04 Å². The third kappa shape index (κ3) is 5.51. The van der Waals surface area contributed by atoms with Crippen LogP contribution in [-0.2, 0) is 0 Å². The van der Waals surface area contributed by atoms with Gasteiger partial charge in [-0.05, 0) is 39.4 Å². The highest BCUT2D eigenvalue weighted by atomic mass is 16.5. The third-order valence-electron chi connectivity index (χ3n) is 3.43. The highest BCUT2D eigenvalue weighted by Crippen LogP contribution is 2.25. The summed E-state index contributed by atoms with van der Waals surface area (Å²) in [4.78, 5) is 2.25. The van der Waals surface area contributed by atoms with Gasteiger partial charge in [0.05, 0.1) is 7.11 Å². The van der Waals surface area contributed by atoms with Gasteiger partial charge >= 0.3 is 0 Å². The SMILES string of the molecule is COc1ccccc1C(C)NC(CC(C)C)CN(C)C. The molecule has 0 fully saturated rings. The smallest absolute Gasteiger partial charge is 0.123 e. The Morgan fingerprint density at radius 2 is 1.80 bits per heavy atom. The van der Waals surface area contributed by atoms with Crippen molar-refractivity contribution in [3.05, 3.63) is 29.8 Å². The molecule has 3 nitrogen and oxygen atoms in total. The van der Waals surface area contributed by atoms with Crippen molar-refractivity contribution in [2.45, 2.75) is 39.3 Å². The molecular formula is C17H30N2O. The number of para-hydroxylation sites is 1. The zero-order valence-corrected chi connectivity index (χ0v) is 13.8. The first-order chi connectivity index (χ1) is 9.43. The van der Waals surface area contributed by atoms with Crippen LogP contribution in [0.15, 0.2) is 24.3 Å². The minimum Gasteiger partial charge on any atom is -0.496 e. The van der Waals surface area contributed by atoms with E-state index in [2.05, 4.69) is 57.2 Å². The van der Waals surface area contributed by atoms with Crippen LogP contribution >= 0.6 is 0 Å². The number of likely N-dealkylation sites (N-methyl/N-ethyl adjacent to an activating group) is 1. The summed E-state index contributed by atoms with van der Waals surface area (Å²) in [5.41, 5.74) is 1.22. The molecule has 1 aromatic carbocycles. The summed E-state index contributed by atoms with van der Waals surface area (Å²) in [7, 11) is 5.99. The van der Waals surface area contributed by atoms with E-state index in [1.807, 2.05) is 12.1 Å². The molecule has 2 unspecified atom stereocenters. The number of nitrogens with zero attached hydrogens (tertiary/aromatic N) is 1. The van der Waals surface area contributed by atoms with Gasteiger partial charge in [-0.2, -0.15) is 0 Å². The van der Waals surface area contributed by atoms with Crippen molar-refractivity contribution in [1.82, 2.24) is 10.2 Å². The standard InChI is InChI=1S/C17H30N2O/c1-13(2)11-15(12-19(4)5)18-14(3)16-9-7-8-10-17(16)20-6/h7-10,13-15,18H,11-12H2,1-6H3. The van der Waals surface area contributed by atoms with Crippen molar-refractivity contribution >= 4 is 0 Å². The first kappa shape index (κ1) is 17.0. The van der Waals surface area contributed by atoms with Crippen LogP contribution < -0.4 is 10.1 Å². The largest absolute Gasteiger partial charge is 0.496 e. The average molecular weight is 278 g/mol. The van der Waals surface area contributed by atoms with Crippen molar-refractivity contribution in [1.29, 1.82) is 0 Å². The number of ether oxygens (including phenoxy) is 1. The van der Waals surface area contributed by atoms with Gasteiger partial charge in [-0.25, -0.2) is 0 Å². The van der Waals surface area contributed by atoms with Crippen LogP contribution in [0.1, 0.15) is 38.8 Å². The molecule has 0 saturated carbocycles. The van der Waals surface area contributed by atoms with Gasteiger partial charge in [0.25, 0.3) is 0 Å². The maximum absolute atomic E-state index is 5.46. The van der Waals surface area contributed by atoms with E-state index in [9.17, 15) is 0 Å². The minimum atomic E-state index is 0.287. The van der Waals surface area contributed by atoms with Crippen LogP contribution in [0.4, 0.5) is 0 Å². The number of hydrogen-bond donors (Lipinski definition) is 1. The second kappa shape index (κ2) is 8.28. The number of methoxy groups -OCH3 is 1. The molecule has 3 heteroatoms. The molecule has 1 aromatic rings. The molecule has 0 aliphatic heterocycles. The summed E-state index contributed by atoms with van der Waals surface area (Å²) in [6, 6.07) is 9.02. The van der Waals surface area contributed by atoms with Crippen LogP contribution in [0.2, 0.25) is 0 Å². The van der Waals surface area contributed by atoms with E-state index in [1.54, 1.807) is 7.11 Å². The van der Waals surface area contributed by atoms with Crippen LogP contribution in [0.25, 0.3) is 0 Å². The Bertz CT molecular complexity index is 380. The lowest BCUT2D eigenvalue weighted by Crippen LogP contribution is -2.40. The van der Waals surface area contributed by atoms with Crippen molar-refractivity contribution in [2.75, 3.05) is 27.7 Å². The molecule has 0 bridgehead atoms. The molecule has 0 saturated heterocycles. The molecule has 0 aliphatic carbocycles. The lowest BCUT2D eigenvalue weighted by molar-refractivity contribution is 0.288. The first-order valence-electron chi connectivity index (χ1n) is 7.47. The highest BCUT2D eigenvalue weighted by molar-refractivity contribution is 5.35. The fourth-order valence-corrected chi connectivity index (χ4v) is 2.67. The zero-order valence-electron chi connectivity index (χ0n) is 13.8. The molecule has 0 heterocycles. The highest BCUT2D eigenvalue weighted by Gasteiger charge is 2.17. The Morgan fingerprint density at radius 1 is 1.15 bits per heavy atom. The van der Waals surface area contributed by atoms with E-state index in [1.165, 1.54) is 12.0 Å². The Balaban J connectivity index is 2.76. The van der Waals surface area contributed by atoms with E-state index in [0.29, 0.717) is 12.0 Å². The van der Waals surface area contributed by atoms with Gasteiger partial charge in [-0.1, -0.05) is 32.0 Å². The number of nitrogens with one attached hydrogen (secondary N) is 1. The minimum absolute atomic E-state index is 0.287. The molecule has 114 valence electrons. The maximum Gasteiger partial charge on any atom is 0.123 e. The molecule has 0 amide bonds. The monoisotopic (exact) mass is 278 g/mol. The van der Waals surface area contributed by atoms with Crippen LogP contribution in [0, 0.1) is 5.92 Å². The lowest BCUT2D eigenvalue weighted by Gasteiger charge is -2.28. The van der Waals surface area contributed by atoms with Crippen molar-refractivity contribution in [3.8, 4) is 5.75 Å². The molecule has 20 heavy (non-hydrogen) atoms. The topological polar surface area (TPSA) is 24.5 Å². The van der Waals surface area contributed by atoms with Gasteiger partial charge in [0.1, 0.15) is 5.75 Å². The quantitative estimate of drug-likeness (QED) is 0.789. The number of benzene rings is 1.